The van der Waals surface area contributed by atoms with Crippen LogP contribution in [0.3, 0.4) is 0 Å². The summed E-state index contributed by atoms with van der Waals surface area (Å²) in [5, 5.41) is 4.16. The standard InChI is InChI=1S/C11H23N5/c1-4-6-9(3)10(15-12)7-11-13-8-14-16(11)5-2/h8-10,15H,4-7,12H2,1-3H3. The van der Waals surface area contributed by atoms with Crippen molar-refractivity contribution < 1.29 is 0 Å². The van der Waals surface area contributed by atoms with E-state index < -0.39 is 0 Å². The second-order valence-corrected chi connectivity index (χ2v) is 4.24. The number of hydrogen-bond acceptors (Lipinski definition) is 4. The van der Waals surface area contributed by atoms with Crippen LogP contribution >= 0.6 is 0 Å². The summed E-state index contributed by atoms with van der Waals surface area (Å²) in [4.78, 5) is 4.27. The smallest absolute Gasteiger partial charge is 0.138 e. The van der Waals surface area contributed by atoms with Crippen LogP contribution < -0.4 is 11.3 Å². The fourth-order valence-corrected chi connectivity index (χ4v) is 1.99. The van der Waals surface area contributed by atoms with E-state index in [4.69, 9.17) is 5.84 Å². The minimum Gasteiger partial charge on any atom is -0.271 e. The van der Waals surface area contributed by atoms with E-state index in [0.29, 0.717) is 5.92 Å². The second-order valence-electron chi connectivity index (χ2n) is 4.24. The summed E-state index contributed by atoms with van der Waals surface area (Å²) in [6.45, 7) is 7.34. The average Bonchev–Trinajstić information content (AvgIpc) is 2.73. The van der Waals surface area contributed by atoms with Crippen LogP contribution in [-0.4, -0.2) is 20.8 Å². The molecule has 0 aliphatic rings. The van der Waals surface area contributed by atoms with Gasteiger partial charge in [-0.3, -0.25) is 16.0 Å². The first-order valence-corrected chi connectivity index (χ1v) is 6.05. The first-order valence-electron chi connectivity index (χ1n) is 6.05. The minimum atomic E-state index is 0.273. The van der Waals surface area contributed by atoms with E-state index in [1.54, 1.807) is 6.33 Å². The molecule has 0 radical (unpaired) electrons. The van der Waals surface area contributed by atoms with Crippen molar-refractivity contribution in [3.8, 4) is 0 Å². The van der Waals surface area contributed by atoms with Gasteiger partial charge in [0, 0.05) is 19.0 Å². The molecule has 0 spiro atoms. The van der Waals surface area contributed by atoms with E-state index in [0.717, 1.165) is 18.8 Å². The van der Waals surface area contributed by atoms with E-state index in [2.05, 4.69) is 36.3 Å². The molecule has 5 heteroatoms. The summed E-state index contributed by atoms with van der Waals surface area (Å²) in [5.41, 5.74) is 2.90. The summed E-state index contributed by atoms with van der Waals surface area (Å²) in [6.07, 6.45) is 4.80. The van der Waals surface area contributed by atoms with Gasteiger partial charge < -0.3 is 0 Å². The molecule has 1 aromatic heterocycles. The Morgan fingerprint density at radius 1 is 1.50 bits per heavy atom. The number of hydrogen-bond donors (Lipinski definition) is 2. The van der Waals surface area contributed by atoms with Crippen LogP contribution in [0.4, 0.5) is 0 Å². The first-order chi connectivity index (χ1) is 7.72. The van der Waals surface area contributed by atoms with E-state index in [1.165, 1.54) is 12.8 Å². The van der Waals surface area contributed by atoms with Crippen molar-refractivity contribution >= 4 is 0 Å². The molecule has 0 amide bonds. The predicted molar refractivity (Wildman–Crippen MR) is 64.6 cm³/mol. The molecular formula is C11H23N5. The SMILES string of the molecule is CCCC(C)C(Cc1ncnn1CC)NN. The van der Waals surface area contributed by atoms with Crippen LogP contribution in [-0.2, 0) is 13.0 Å². The van der Waals surface area contributed by atoms with Gasteiger partial charge in [0.05, 0.1) is 0 Å². The van der Waals surface area contributed by atoms with E-state index in [-0.39, 0.29) is 6.04 Å². The molecule has 2 atom stereocenters. The summed E-state index contributed by atoms with van der Waals surface area (Å²) < 4.78 is 1.92. The lowest BCUT2D eigenvalue weighted by molar-refractivity contribution is 0.347. The third-order valence-corrected chi connectivity index (χ3v) is 3.04. The van der Waals surface area contributed by atoms with Gasteiger partial charge in [0.25, 0.3) is 0 Å². The molecule has 0 aromatic carbocycles. The first kappa shape index (κ1) is 13.1. The maximum atomic E-state index is 5.60. The number of hydrazine groups is 1. The maximum absolute atomic E-state index is 5.60. The minimum absolute atomic E-state index is 0.273. The van der Waals surface area contributed by atoms with Crippen LogP contribution in [0.25, 0.3) is 0 Å². The molecule has 1 heterocycles. The summed E-state index contributed by atoms with van der Waals surface area (Å²) in [6, 6.07) is 0.273. The molecule has 0 aliphatic carbocycles. The lowest BCUT2D eigenvalue weighted by Crippen LogP contribution is -2.42. The second kappa shape index (κ2) is 6.60. The highest BCUT2D eigenvalue weighted by Crippen LogP contribution is 2.13. The van der Waals surface area contributed by atoms with Crippen LogP contribution in [0.15, 0.2) is 6.33 Å². The molecule has 5 nitrogen and oxygen atoms in total. The van der Waals surface area contributed by atoms with Gasteiger partial charge in [0.2, 0.25) is 0 Å². The molecule has 0 saturated heterocycles. The van der Waals surface area contributed by atoms with Gasteiger partial charge >= 0.3 is 0 Å². The molecule has 0 aliphatic heterocycles. The number of aromatic nitrogens is 3. The van der Waals surface area contributed by atoms with Crippen molar-refractivity contribution in [3.63, 3.8) is 0 Å². The van der Waals surface area contributed by atoms with Gasteiger partial charge in [0.15, 0.2) is 0 Å². The Labute approximate surface area is 97.4 Å². The summed E-state index contributed by atoms with van der Waals surface area (Å²) in [7, 11) is 0. The van der Waals surface area contributed by atoms with Crippen LogP contribution in [0, 0.1) is 5.92 Å². The predicted octanol–water partition coefficient (Wildman–Crippen LogP) is 1.11. The molecule has 3 N–H and O–H groups in total. The summed E-state index contributed by atoms with van der Waals surface area (Å²) >= 11 is 0. The number of aryl methyl sites for hydroxylation is 1. The molecule has 1 aromatic rings. The fourth-order valence-electron chi connectivity index (χ4n) is 1.99. The fraction of sp³-hybridized carbons (Fsp3) is 0.818. The Kier molecular flexibility index (Phi) is 5.42. The van der Waals surface area contributed by atoms with Gasteiger partial charge in [-0.25, -0.2) is 4.98 Å². The molecule has 0 bridgehead atoms. The highest BCUT2D eigenvalue weighted by Gasteiger charge is 2.18. The topological polar surface area (TPSA) is 68.8 Å². The normalized spacial score (nSPS) is 15.0. The van der Waals surface area contributed by atoms with Crippen molar-refractivity contribution in [3.05, 3.63) is 12.2 Å². The van der Waals surface area contributed by atoms with E-state index >= 15 is 0 Å². The Bertz CT molecular complexity index is 296. The Balaban J connectivity index is 2.62. The Morgan fingerprint density at radius 3 is 2.81 bits per heavy atom. The van der Waals surface area contributed by atoms with Crippen LogP contribution in [0.5, 0.6) is 0 Å². The molecule has 2 unspecified atom stereocenters. The molecule has 92 valence electrons. The number of nitrogens with zero attached hydrogens (tertiary/aromatic N) is 3. The zero-order valence-electron chi connectivity index (χ0n) is 10.5. The maximum Gasteiger partial charge on any atom is 0.138 e. The lowest BCUT2D eigenvalue weighted by atomic mass is 9.94. The van der Waals surface area contributed by atoms with Crippen molar-refractivity contribution in [2.75, 3.05) is 0 Å². The molecule has 0 saturated carbocycles. The molecule has 0 fully saturated rings. The van der Waals surface area contributed by atoms with Gasteiger partial charge in [-0.05, 0) is 19.3 Å². The van der Waals surface area contributed by atoms with Crippen molar-refractivity contribution in [1.29, 1.82) is 0 Å². The number of nitrogens with one attached hydrogen (secondary N) is 1. The van der Waals surface area contributed by atoms with Gasteiger partial charge in [0.1, 0.15) is 12.2 Å². The van der Waals surface area contributed by atoms with Gasteiger partial charge in [-0.15, -0.1) is 0 Å². The van der Waals surface area contributed by atoms with Crippen molar-refractivity contribution in [1.82, 2.24) is 20.2 Å². The van der Waals surface area contributed by atoms with Crippen LogP contribution in [0.2, 0.25) is 0 Å². The molecule has 1 rings (SSSR count). The highest BCUT2D eigenvalue weighted by molar-refractivity contribution is 4.90. The third kappa shape index (κ3) is 3.28. The van der Waals surface area contributed by atoms with E-state index in [1.807, 2.05) is 4.68 Å². The summed E-state index contributed by atoms with van der Waals surface area (Å²) in [5.74, 6) is 7.17. The number of rotatable bonds is 7. The Hall–Kier alpha value is -0.940. The lowest BCUT2D eigenvalue weighted by Gasteiger charge is -2.22. The average molecular weight is 225 g/mol. The largest absolute Gasteiger partial charge is 0.271 e. The van der Waals surface area contributed by atoms with Crippen LogP contribution in [0.1, 0.15) is 39.4 Å². The zero-order valence-corrected chi connectivity index (χ0v) is 10.5. The van der Waals surface area contributed by atoms with Crippen molar-refractivity contribution in [2.45, 2.75) is 52.6 Å². The number of nitrogens with two attached hydrogens (primary N) is 1. The molecular weight excluding hydrogens is 202 g/mol. The quantitative estimate of drug-likeness (QED) is 0.539. The third-order valence-electron chi connectivity index (χ3n) is 3.04. The zero-order chi connectivity index (χ0) is 12.0. The van der Waals surface area contributed by atoms with Gasteiger partial charge in [-0.1, -0.05) is 20.3 Å². The Morgan fingerprint density at radius 2 is 2.25 bits per heavy atom. The van der Waals surface area contributed by atoms with Gasteiger partial charge in [-0.2, -0.15) is 5.10 Å². The monoisotopic (exact) mass is 225 g/mol. The van der Waals surface area contributed by atoms with E-state index in [9.17, 15) is 0 Å². The highest BCUT2D eigenvalue weighted by atomic mass is 15.3. The van der Waals surface area contributed by atoms with Crippen molar-refractivity contribution in [2.24, 2.45) is 11.8 Å². The molecule has 16 heavy (non-hydrogen) atoms.